The van der Waals surface area contributed by atoms with E-state index in [-0.39, 0.29) is 11.7 Å². The molecule has 0 saturated heterocycles. The third-order valence-electron chi connectivity index (χ3n) is 3.64. The third-order valence-corrected chi connectivity index (χ3v) is 3.64. The Morgan fingerprint density at radius 1 is 1.21 bits per heavy atom. The first-order valence-electron chi connectivity index (χ1n) is 7.35. The number of rotatable bonds is 5. The van der Waals surface area contributed by atoms with Gasteiger partial charge in [-0.25, -0.2) is 4.39 Å². The summed E-state index contributed by atoms with van der Waals surface area (Å²) < 4.78 is 14.0. The fraction of sp³-hybridized carbons (Fsp3) is 0.250. The van der Waals surface area contributed by atoms with E-state index in [9.17, 15) is 18.8 Å². The van der Waals surface area contributed by atoms with Gasteiger partial charge in [0.05, 0.1) is 5.69 Å². The van der Waals surface area contributed by atoms with Crippen LogP contribution in [0.25, 0.3) is 5.69 Å². The predicted octanol–water partition coefficient (Wildman–Crippen LogP) is 1.06. The van der Waals surface area contributed by atoms with Crippen LogP contribution >= 0.6 is 0 Å². The molecule has 0 unspecified atom stereocenters. The summed E-state index contributed by atoms with van der Waals surface area (Å²) in [7, 11) is 0. The lowest BCUT2D eigenvalue weighted by Gasteiger charge is -2.19. The van der Waals surface area contributed by atoms with E-state index in [0.29, 0.717) is 5.69 Å². The van der Waals surface area contributed by atoms with Gasteiger partial charge in [0.25, 0.3) is 11.5 Å². The van der Waals surface area contributed by atoms with E-state index < -0.39 is 29.8 Å². The maximum Gasteiger partial charge on any atom is 0.323 e. The van der Waals surface area contributed by atoms with Crippen molar-refractivity contribution >= 4 is 11.9 Å². The molecule has 1 aromatic heterocycles. The number of aliphatic carboxylic acids is 1. The Balaban J connectivity index is 1.95. The lowest BCUT2D eigenvalue weighted by Crippen LogP contribution is -2.38. The van der Waals surface area contributed by atoms with Gasteiger partial charge in [-0.05, 0) is 43.2 Å². The molecular weight excluding hydrogens is 317 g/mol. The highest BCUT2D eigenvalue weighted by Crippen LogP contribution is 2.27. The zero-order valence-corrected chi connectivity index (χ0v) is 12.6. The fourth-order valence-corrected chi connectivity index (χ4v) is 2.34. The van der Waals surface area contributed by atoms with E-state index >= 15 is 0 Å². The summed E-state index contributed by atoms with van der Waals surface area (Å²) in [5.41, 5.74) is -0.200. The predicted molar refractivity (Wildman–Crippen MR) is 81.5 cm³/mol. The summed E-state index contributed by atoms with van der Waals surface area (Å²) in [4.78, 5) is 36.7. The highest BCUT2D eigenvalue weighted by Gasteiger charge is 2.35. The van der Waals surface area contributed by atoms with E-state index in [4.69, 9.17) is 5.11 Å². The molecule has 1 aliphatic rings. The molecule has 1 heterocycles. The van der Waals surface area contributed by atoms with Crippen molar-refractivity contribution in [3.05, 3.63) is 58.3 Å². The standard InChI is InChI=1S/C16H14FN3O4/c17-10-1-3-12(4-2-10)20-14(21)8-7-13(18-20)16(24)19(9-15(22)23)11-5-6-11/h1-4,7-8,11H,5-6,9H2,(H,22,23). The Bertz CT molecular complexity index is 843. The van der Waals surface area contributed by atoms with E-state index in [1.165, 1.54) is 41.3 Å². The quantitative estimate of drug-likeness (QED) is 0.884. The number of carboxylic acids is 1. The van der Waals surface area contributed by atoms with Gasteiger partial charge in [-0.1, -0.05) is 0 Å². The Hall–Kier alpha value is -3.03. The van der Waals surface area contributed by atoms with Gasteiger partial charge in [0.2, 0.25) is 0 Å². The van der Waals surface area contributed by atoms with Crippen molar-refractivity contribution in [1.82, 2.24) is 14.7 Å². The van der Waals surface area contributed by atoms with Crippen LogP contribution in [0.5, 0.6) is 0 Å². The second-order valence-electron chi connectivity index (χ2n) is 5.50. The van der Waals surface area contributed by atoms with Gasteiger partial charge < -0.3 is 10.0 Å². The number of nitrogens with zero attached hydrogens (tertiary/aromatic N) is 3. The van der Waals surface area contributed by atoms with Crippen molar-refractivity contribution < 1.29 is 19.1 Å². The number of carbonyl (C=O) groups is 2. The number of hydrogen-bond acceptors (Lipinski definition) is 4. The monoisotopic (exact) mass is 331 g/mol. The van der Waals surface area contributed by atoms with Crippen LogP contribution in [0.4, 0.5) is 4.39 Å². The Kier molecular flexibility index (Phi) is 4.11. The van der Waals surface area contributed by atoms with Crippen molar-refractivity contribution in [2.45, 2.75) is 18.9 Å². The molecule has 1 aromatic carbocycles. The van der Waals surface area contributed by atoms with Gasteiger partial charge >= 0.3 is 5.97 Å². The zero-order valence-electron chi connectivity index (χ0n) is 12.6. The van der Waals surface area contributed by atoms with Gasteiger partial charge in [0.1, 0.15) is 18.1 Å². The smallest absolute Gasteiger partial charge is 0.323 e. The molecule has 8 heteroatoms. The molecule has 1 N–H and O–H groups in total. The Morgan fingerprint density at radius 2 is 1.88 bits per heavy atom. The second kappa shape index (κ2) is 6.23. The third kappa shape index (κ3) is 3.32. The summed E-state index contributed by atoms with van der Waals surface area (Å²) in [6, 6.07) is 7.43. The highest BCUT2D eigenvalue weighted by molar-refractivity contribution is 5.94. The first-order valence-corrected chi connectivity index (χ1v) is 7.35. The van der Waals surface area contributed by atoms with Crippen LogP contribution in [-0.4, -0.2) is 44.3 Å². The average Bonchev–Trinajstić information content (AvgIpc) is 3.38. The molecule has 1 fully saturated rings. The minimum atomic E-state index is -1.11. The second-order valence-corrected chi connectivity index (χ2v) is 5.50. The zero-order chi connectivity index (χ0) is 17.3. The van der Waals surface area contributed by atoms with E-state index in [1.807, 2.05) is 0 Å². The van der Waals surface area contributed by atoms with Crippen LogP contribution in [0.3, 0.4) is 0 Å². The number of halogens is 1. The van der Waals surface area contributed by atoms with Crippen molar-refractivity contribution in [2.75, 3.05) is 6.54 Å². The van der Waals surface area contributed by atoms with Gasteiger partial charge in [0, 0.05) is 12.1 Å². The molecule has 1 amide bonds. The van der Waals surface area contributed by atoms with Crippen LogP contribution in [0.2, 0.25) is 0 Å². The van der Waals surface area contributed by atoms with Gasteiger partial charge in [0.15, 0.2) is 0 Å². The number of carbonyl (C=O) groups excluding carboxylic acids is 1. The van der Waals surface area contributed by atoms with Crippen molar-refractivity contribution in [3.63, 3.8) is 0 Å². The summed E-state index contributed by atoms with van der Waals surface area (Å²) in [5.74, 6) is -2.11. The molecule has 1 aliphatic carbocycles. The summed E-state index contributed by atoms with van der Waals surface area (Å²) in [5, 5.41) is 13.0. The Labute approximate surface area is 135 Å². The molecule has 124 valence electrons. The number of hydrogen-bond donors (Lipinski definition) is 1. The van der Waals surface area contributed by atoms with Crippen molar-refractivity contribution in [1.29, 1.82) is 0 Å². The van der Waals surface area contributed by atoms with Gasteiger partial charge in [-0.2, -0.15) is 9.78 Å². The van der Waals surface area contributed by atoms with Crippen LogP contribution < -0.4 is 5.56 Å². The van der Waals surface area contributed by atoms with Gasteiger partial charge in [-0.3, -0.25) is 14.4 Å². The molecule has 0 aliphatic heterocycles. The number of aromatic nitrogens is 2. The lowest BCUT2D eigenvalue weighted by molar-refractivity contribution is -0.137. The normalized spacial score (nSPS) is 13.5. The first-order chi connectivity index (χ1) is 11.5. The summed E-state index contributed by atoms with van der Waals surface area (Å²) in [6.07, 6.45) is 1.49. The molecule has 1 saturated carbocycles. The molecule has 0 spiro atoms. The molecule has 0 bridgehead atoms. The van der Waals surface area contributed by atoms with Gasteiger partial charge in [-0.15, -0.1) is 0 Å². The minimum Gasteiger partial charge on any atom is -0.480 e. The molecular formula is C16H14FN3O4. The SMILES string of the molecule is O=C(O)CN(C(=O)c1ccc(=O)n(-c2ccc(F)cc2)n1)C1CC1. The van der Waals surface area contributed by atoms with Crippen LogP contribution in [0.15, 0.2) is 41.2 Å². The fourth-order valence-electron chi connectivity index (χ4n) is 2.34. The van der Waals surface area contributed by atoms with Crippen molar-refractivity contribution in [2.24, 2.45) is 0 Å². The number of amides is 1. The summed E-state index contributed by atoms with van der Waals surface area (Å²) >= 11 is 0. The van der Waals surface area contributed by atoms with E-state index in [1.54, 1.807) is 0 Å². The molecule has 24 heavy (non-hydrogen) atoms. The molecule has 0 atom stereocenters. The number of carboxylic acid groups (broad SMARTS) is 1. The topological polar surface area (TPSA) is 92.5 Å². The first kappa shape index (κ1) is 15.9. The van der Waals surface area contributed by atoms with Crippen LogP contribution in [-0.2, 0) is 4.79 Å². The van der Waals surface area contributed by atoms with Crippen LogP contribution in [0, 0.1) is 5.82 Å². The minimum absolute atomic E-state index is 0.0351. The average molecular weight is 331 g/mol. The summed E-state index contributed by atoms with van der Waals surface area (Å²) in [6.45, 7) is -0.416. The van der Waals surface area contributed by atoms with E-state index in [0.717, 1.165) is 17.5 Å². The maximum atomic E-state index is 13.0. The molecule has 0 radical (unpaired) electrons. The molecule has 3 rings (SSSR count). The highest BCUT2D eigenvalue weighted by atomic mass is 19.1. The maximum absolute atomic E-state index is 13.0. The van der Waals surface area contributed by atoms with E-state index in [2.05, 4.69) is 5.10 Å². The molecule has 2 aromatic rings. The van der Waals surface area contributed by atoms with Crippen molar-refractivity contribution in [3.8, 4) is 5.69 Å². The largest absolute Gasteiger partial charge is 0.480 e. The molecule has 7 nitrogen and oxygen atoms in total. The lowest BCUT2D eigenvalue weighted by atomic mass is 10.3. The van der Waals surface area contributed by atoms with Crippen LogP contribution in [0.1, 0.15) is 23.3 Å². The number of benzene rings is 1. The Morgan fingerprint density at radius 3 is 2.46 bits per heavy atom.